The number of hydrogen-bond donors (Lipinski definition) is 1. The fourth-order valence-electron chi connectivity index (χ4n) is 2.47. The number of ether oxygens (including phenoxy) is 1. The van der Waals surface area contributed by atoms with E-state index in [2.05, 4.69) is 21.4 Å². The number of rotatable bonds is 1. The largest absolute Gasteiger partial charge is 0.430 e. The van der Waals surface area contributed by atoms with Crippen LogP contribution in [0.5, 0.6) is 0 Å². The molecule has 1 spiro atoms. The van der Waals surface area contributed by atoms with Crippen molar-refractivity contribution in [3.05, 3.63) is 35.9 Å². The molecule has 0 aliphatic carbocycles. The zero-order chi connectivity index (χ0) is 12.6. The number of esters is 1. The van der Waals surface area contributed by atoms with Gasteiger partial charge in [-0.1, -0.05) is 46.3 Å². The van der Waals surface area contributed by atoms with Gasteiger partial charge in [-0.3, -0.25) is 9.63 Å². The summed E-state index contributed by atoms with van der Waals surface area (Å²) in [6.07, 6.45) is 1.98. The molecule has 2 unspecified atom stereocenters. The summed E-state index contributed by atoms with van der Waals surface area (Å²) in [5.74, 6) is -1.06. The van der Waals surface area contributed by atoms with Crippen molar-refractivity contribution >= 4 is 21.9 Å². The molecule has 1 aromatic rings. The van der Waals surface area contributed by atoms with Crippen LogP contribution in [-0.2, 0) is 14.4 Å². The predicted molar refractivity (Wildman–Crippen MR) is 68.8 cm³/mol. The van der Waals surface area contributed by atoms with E-state index in [9.17, 15) is 4.79 Å². The Morgan fingerprint density at radius 1 is 1.33 bits per heavy atom. The zero-order valence-electron chi connectivity index (χ0n) is 9.77. The molecule has 96 valence electrons. The SMILES string of the molecule is O=C1CCCC2(ONC(c3ccccc3)[C@@H]2Br)O1. The standard InChI is InChI=1S/C13H14BrNO3/c14-12-11(9-5-2-1-3-6-9)15-18-13(12)8-4-7-10(16)17-13/h1-3,5-6,11-12,15H,4,7-8H2/t11?,12-,13?/m0/s1. The Hall–Kier alpha value is -0.910. The van der Waals surface area contributed by atoms with Crippen molar-refractivity contribution in [3.8, 4) is 0 Å². The Morgan fingerprint density at radius 3 is 2.83 bits per heavy atom. The summed E-state index contributed by atoms with van der Waals surface area (Å²) < 4.78 is 5.43. The lowest BCUT2D eigenvalue weighted by molar-refractivity contribution is -0.240. The van der Waals surface area contributed by atoms with Crippen LogP contribution in [0.2, 0.25) is 0 Å². The van der Waals surface area contributed by atoms with E-state index in [4.69, 9.17) is 9.57 Å². The van der Waals surface area contributed by atoms with Crippen LogP contribution < -0.4 is 5.48 Å². The van der Waals surface area contributed by atoms with Gasteiger partial charge in [-0.15, -0.1) is 0 Å². The molecule has 0 saturated carbocycles. The van der Waals surface area contributed by atoms with Gasteiger partial charge in [0.2, 0.25) is 5.79 Å². The normalized spacial score (nSPS) is 35.7. The van der Waals surface area contributed by atoms with Gasteiger partial charge in [0.15, 0.2) is 0 Å². The number of carbonyl (C=O) groups excluding carboxylic acids is 1. The van der Waals surface area contributed by atoms with Gasteiger partial charge in [-0.05, 0) is 12.0 Å². The topological polar surface area (TPSA) is 47.6 Å². The highest BCUT2D eigenvalue weighted by Gasteiger charge is 2.54. The van der Waals surface area contributed by atoms with Crippen molar-refractivity contribution in [1.29, 1.82) is 0 Å². The molecule has 2 fully saturated rings. The van der Waals surface area contributed by atoms with Gasteiger partial charge in [0.1, 0.15) is 4.83 Å². The van der Waals surface area contributed by atoms with Crippen LogP contribution in [0.3, 0.4) is 0 Å². The van der Waals surface area contributed by atoms with Crippen molar-refractivity contribution in [3.63, 3.8) is 0 Å². The lowest BCUT2D eigenvalue weighted by Crippen LogP contribution is -2.45. The average Bonchev–Trinajstić information content (AvgIpc) is 2.68. The third-order valence-corrected chi connectivity index (χ3v) is 4.65. The summed E-state index contributed by atoms with van der Waals surface area (Å²) in [4.78, 5) is 17.0. The van der Waals surface area contributed by atoms with Gasteiger partial charge in [-0.2, -0.15) is 5.48 Å². The van der Waals surface area contributed by atoms with Gasteiger partial charge < -0.3 is 4.74 Å². The average molecular weight is 312 g/mol. The maximum atomic E-state index is 11.5. The highest BCUT2D eigenvalue weighted by atomic mass is 79.9. The number of benzene rings is 1. The van der Waals surface area contributed by atoms with Gasteiger partial charge in [0, 0.05) is 12.8 Å². The van der Waals surface area contributed by atoms with Crippen LogP contribution in [-0.4, -0.2) is 16.6 Å². The number of halogens is 1. The second-order valence-electron chi connectivity index (χ2n) is 4.65. The van der Waals surface area contributed by atoms with Gasteiger partial charge >= 0.3 is 5.97 Å². The molecular formula is C13H14BrNO3. The number of hydroxylamine groups is 1. The lowest BCUT2D eigenvalue weighted by atomic mass is 9.95. The minimum atomic E-state index is -0.865. The molecular weight excluding hydrogens is 298 g/mol. The first-order chi connectivity index (χ1) is 8.71. The predicted octanol–water partition coefficient (Wildman–Crippen LogP) is 2.45. The Kier molecular flexibility index (Phi) is 3.13. The molecule has 4 nitrogen and oxygen atoms in total. The molecule has 3 atom stereocenters. The van der Waals surface area contributed by atoms with E-state index in [0.717, 1.165) is 12.0 Å². The van der Waals surface area contributed by atoms with Crippen LogP contribution in [0, 0.1) is 0 Å². The summed E-state index contributed by atoms with van der Waals surface area (Å²) in [6, 6.07) is 9.97. The van der Waals surface area contributed by atoms with Gasteiger partial charge in [0.05, 0.1) is 6.04 Å². The van der Waals surface area contributed by atoms with Crippen molar-refractivity contribution < 1.29 is 14.4 Å². The van der Waals surface area contributed by atoms with Crippen molar-refractivity contribution in [1.82, 2.24) is 5.48 Å². The van der Waals surface area contributed by atoms with Gasteiger partial charge in [0.25, 0.3) is 0 Å². The first kappa shape index (κ1) is 12.1. The molecule has 18 heavy (non-hydrogen) atoms. The minimum absolute atomic E-state index is 0.0166. The maximum Gasteiger partial charge on any atom is 0.308 e. The Balaban J connectivity index is 1.84. The molecule has 1 aromatic carbocycles. The van der Waals surface area contributed by atoms with Crippen LogP contribution in [0.15, 0.2) is 30.3 Å². The van der Waals surface area contributed by atoms with Crippen LogP contribution in [0.4, 0.5) is 0 Å². The highest BCUT2D eigenvalue weighted by molar-refractivity contribution is 9.09. The molecule has 0 radical (unpaired) electrons. The second kappa shape index (κ2) is 4.64. The van der Waals surface area contributed by atoms with Crippen molar-refractivity contribution in [2.24, 2.45) is 0 Å². The smallest absolute Gasteiger partial charge is 0.308 e. The van der Waals surface area contributed by atoms with E-state index >= 15 is 0 Å². The quantitative estimate of drug-likeness (QED) is 0.639. The summed E-state index contributed by atoms with van der Waals surface area (Å²) in [5, 5.41) is 0. The maximum absolute atomic E-state index is 11.5. The van der Waals surface area contributed by atoms with E-state index in [-0.39, 0.29) is 16.8 Å². The van der Waals surface area contributed by atoms with E-state index < -0.39 is 5.79 Å². The molecule has 2 heterocycles. The van der Waals surface area contributed by atoms with Crippen molar-refractivity contribution in [2.75, 3.05) is 0 Å². The Bertz CT molecular complexity index is 453. The summed E-state index contributed by atoms with van der Waals surface area (Å²) in [7, 11) is 0. The second-order valence-corrected chi connectivity index (χ2v) is 5.64. The molecule has 5 heteroatoms. The van der Waals surface area contributed by atoms with Crippen LogP contribution >= 0.6 is 15.9 Å². The lowest BCUT2D eigenvalue weighted by Gasteiger charge is -2.33. The fraction of sp³-hybridized carbons (Fsp3) is 0.462. The molecule has 2 aliphatic rings. The summed E-state index contributed by atoms with van der Waals surface area (Å²) in [6.45, 7) is 0. The Labute approximate surface area is 114 Å². The number of alkyl halides is 1. The molecule has 0 amide bonds. The highest BCUT2D eigenvalue weighted by Crippen LogP contribution is 2.44. The number of carbonyl (C=O) groups is 1. The van der Waals surface area contributed by atoms with Crippen molar-refractivity contribution in [2.45, 2.75) is 35.9 Å². The van der Waals surface area contributed by atoms with E-state index in [1.165, 1.54) is 0 Å². The molecule has 3 rings (SSSR count). The minimum Gasteiger partial charge on any atom is -0.430 e. The van der Waals surface area contributed by atoms with Crippen LogP contribution in [0.1, 0.15) is 30.9 Å². The Morgan fingerprint density at radius 2 is 2.11 bits per heavy atom. The third kappa shape index (κ3) is 1.96. The van der Waals surface area contributed by atoms with E-state index in [0.29, 0.717) is 12.8 Å². The third-order valence-electron chi connectivity index (χ3n) is 3.42. The fourth-order valence-corrected chi connectivity index (χ4v) is 3.30. The summed E-state index contributed by atoms with van der Waals surface area (Å²) >= 11 is 3.62. The monoisotopic (exact) mass is 311 g/mol. The molecule has 2 saturated heterocycles. The zero-order valence-corrected chi connectivity index (χ0v) is 11.4. The van der Waals surface area contributed by atoms with Gasteiger partial charge in [-0.25, -0.2) is 0 Å². The van der Waals surface area contributed by atoms with Crippen LogP contribution in [0.25, 0.3) is 0 Å². The first-order valence-corrected chi connectivity index (χ1v) is 6.97. The van der Waals surface area contributed by atoms with E-state index in [1.54, 1.807) is 0 Å². The molecule has 2 aliphatic heterocycles. The molecule has 0 aromatic heterocycles. The number of hydrogen-bond acceptors (Lipinski definition) is 4. The summed E-state index contributed by atoms with van der Waals surface area (Å²) in [5.41, 5.74) is 4.09. The van der Waals surface area contributed by atoms with E-state index in [1.807, 2.05) is 30.3 Å². The molecule has 0 bridgehead atoms. The molecule has 1 N–H and O–H groups in total. The number of nitrogens with one attached hydrogen (secondary N) is 1. The first-order valence-electron chi connectivity index (χ1n) is 6.06.